The number of carbonyl (C=O) groups excluding carboxylic acids is 2. The van der Waals surface area contributed by atoms with Crippen molar-refractivity contribution in [3.05, 3.63) is 59.7 Å². The number of ether oxygens (including phenoxy) is 1. The van der Waals surface area contributed by atoms with Crippen LogP contribution in [0.15, 0.2) is 48.5 Å². The van der Waals surface area contributed by atoms with Crippen molar-refractivity contribution in [2.24, 2.45) is 5.92 Å². The average molecular weight is 490 g/mol. The van der Waals surface area contributed by atoms with Crippen LogP contribution in [0.3, 0.4) is 0 Å². The van der Waals surface area contributed by atoms with E-state index < -0.39 is 42.1 Å². The van der Waals surface area contributed by atoms with E-state index in [0.717, 1.165) is 22.3 Å². The second kappa shape index (κ2) is 9.97. The Morgan fingerprint density at radius 1 is 0.971 bits per heavy atom. The Bertz CT molecular complexity index is 1070. The molecule has 7 nitrogen and oxygen atoms in total. The number of rotatable bonds is 6. The molecule has 2 aromatic carbocycles. The zero-order valence-corrected chi connectivity index (χ0v) is 18.7. The first kappa shape index (κ1) is 24.6. The van der Waals surface area contributed by atoms with Gasteiger partial charge in [-0.15, -0.1) is 0 Å². The predicted molar refractivity (Wildman–Crippen MR) is 120 cm³/mol. The zero-order chi connectivity index (χ0) is 25.2. The second-order valence-electron chi connectivity index (χ2n) is 8.79. The number of fused-ring (bicyclic) bond motifs is 3. The SMILES string of the molecule is O=C(N[C@@H]1CCCC[C@@H]1C(=O)NC(C(=O)O)C(F)(F)F)OCC1c2ccccc2-c2ccccc21. The lowest BCUT2D eigenvalue weighted by molar-refractivity contribution is -0.182. The van der Waals surface area contributed by atoms with Gasteiger partial charge in [-0.1, -0.05) is 61.4 Å². The summed E-state index contributed by atoms with van der Waals surface area (Å²) in [4.78, 5) is 36.1. The van der Waals surface area contributed by atoms with Gasteiger partial charge in [-0.3, -0.25) is 4.79 Å². The summed E-state index contributed by atoms with van der Waals surface area (Å²) in [5.41, 5.74) is 4.20. The lowest BCUT2D eigenvalue weighted by atomic mass is 9.83. The van der Waals surface area contributed by atoms with Crippen molar-refractivity contribution in [1.29, 1.82) is 0 Å². The molecule has 1 saturated carbocycles. The summed E-state index contributed by atoms with van der Waals surface area (Å²) in [6, 6.07) is 11.9. The van der Waals surface area contributed by atoms with Gasteiger partial charge in [0.2, 0.25) is 11.9 Å². The number of alkyl carbamates (subject to hydrolysis) is 1. The topological polar surface area (TPSA) is 105 Å². The van der Waals surface area contributed by atoms with Crippen LogP contribution in [0, 0.1) is 5.92 Å². The normalized spacial score (nSPS) is 20.3. The largest absolute Gasteiger partial charge is 0.479 e. The Labute approximate surface area is 199 Å². The molecule has 10 heteroatoms. The second-order valence-corrected chi connectivity index (χ2v) is 8.79. The lowest BCUT2D eigenvalue weighted by Crippen LogP contribution is -2.55. The molecule has 0 aromatic heterocycles. The number of benzene rings is 2. The fraction of sp³-hybridized carbons (Fsp3) is 0.400. The predicted octanol–water partition coefficient (Wildman–Crippen LogP) is 4.22. The third-order valence-corrected chi connectivity index (χ3v) is 6.61. The Kier molecular flexibility index (Phi) is 7.00. The highest BCUT2D eigenvalue weighted by Crippen LogP contribution is 2.44. The van der Waals surface area contributed by atoms with Crippen molar-refractivity contribution >= 4 is 18.0 Å². The summed E-state index contributed by atoms with van der Waals surface area (Å²) in [5.74, 6) is -4.41. The molecule has 4 rings (SSSR count). The lowest BCUT2D eigenvalue weighted by Gasteiger charge is -2.32. The summed E-state index contributed by atoms with van der Waals surface area (Å²) < 4.78 is 44.4. The molecule has 0 radical (unpaired) electrons. The first-order chi connectivity index (χ1) is 16.7. The quantitative estimate of drug-likeness (QED) is 0.563. The average Bonchev–Trinajstić information content (AvgIpc) is 3.14. The van der Waals surface area contributed by atoms with Crippen molar-refractivity contribution in [2.45, 2.75) is 49.9 Å². The molecule has 2 aliphatic carbocycles. The van der Waals surface area contributed by atoms with Crippen LogP contribution in [0.1, 0.15) is 42.7 Å². The van der Waals surface area contributed by atoms with Crippen LogP contribution in [-0.4, -0.2) is 47.9 Å². The molecule has 0 aliphatic heterocycles. The Balaban J connectivity index is 1.40. The number of nitrogens with one attached hydrogen (secondary N) is 2. The number of hydrogen-bond acceptors (Lipinski definition) is 4. The van der Waals surface area contributed by atoms with E-state index in [4.69, 9.17) is 9.84 Å². The Hall–Kier alpha value is -3.56. The summed E-state index contributed by atoms with van der Waals surface area (Å²) in [7, 11) is 0. The molecule has 1 unspecified atom stereocenters. The summed E-state index contributed by atoms with van der Waals surface area (Å²) in [6.07, 6.45) is -4.07. The summed E-state index contributed by atoms with van der Waals surface area (Å²) in [5, 5.41) is 13.0. The van der Waals surface area contributed by atoms with Crippen LogP contribution in [-0.2, 0) is 14.3 Å². The van der Waals surface area contributed by atoms with Crippen molar-refractivity contribution in [3.63, 3.8) is 0 Å². The summed E-state index contributed by atoms with van der Waals surface area (Å²) in [6.45, 7) is 0.0542. The van der Waals surface area contributed by atoms with E-state index in [1.165, 1.54) is 0 Å². The highest BCUT2D eigenvalue weighted by atomic mass is 19.4. The maximum Gasteiger partial charge on any atom is 0.419 e. The minimum atomic E-state index is -5.13. The fourth-order valence-corrected chi connectivity index (χ4v) is 4.94. The molecule has 0 bridgehead atoms. The van der Waals surface area contributed by atoms with E-state index >= 15 is 0 Å². The highest BCUT2D eigenvalue weighted by molar-refractivity contribution is 5.86. The third-order valence-electron chi connectivity index (χ3n) is 6.61. The molecule has 2 aromatic rings. The number of hydrogen-bond donors (Lipinski definition) is 3. The molecule has 2 amide bonds. The zero-order valence-electron chi connectivity index (χ0n) is 18.7. The minimum absolute atomic E-state index is 0.0542. The number of alkyl halides is 3. The van der Waals surface area contributed by atoms with Crippen LogP contribution < -0.4 is 10.6 Å². The van der Waals surface area contributed by atoms with E-state index in [0.29, 0.717) is 19.3 Å². The number of carboxylic acids is 1. The molecule has 35 heavy (non-hydrogen) atoms. The minimum Gasteiger partial charge on any atom is -0.479 e. The number of carboxylic acid groups (broad SMARTS) is 1. The first-order valence-electron chi connectivity index (χ1n) is 11.4. The molecule has 2 aliphatic rings. The standard InChI is InChI=1S/C25H25F3N2O5/c26-25(27,28)21(23(32)33)30-22(31)18-11-5-6-12-20(18)29-24(34)35-13-19-16-9-3-1-7-14(16)15-8-2-4-10-17(15)19/h1-4,7-10,18-21H,5-6,11-13H2,(H,29,34)(H,30,31)(H,32,33)/t18-,20+,21?/m0/s1. The van der Waals surface area contributed by atoms with Crippen LogP contribution >= 0.6 is 0 Å². The molecule has 0 spiro atoms. The van der Waals surface area contributed by atoms with Gasteiger partial charge in [0.1, 0.15) is 6.61 Å². The van der Waals surface area contributed by atoms with Gasteiger partial charge < -0.3 is 20.5 Å². The molecular formula is C25H25F3N2O5. The van der Waals surface area contributed by atoms with Gasteiger partial charge in [0.05, 0.1) is 5.92 Å². The summed E-state index contributed by atoms with van der Waals surface area (Å²) >= 11 is 0. The Morgan fingerprint density at radius 2 is 1.54 bits per heavy atom. The molecular weight excluding hydrogens is 465 g/mol. The van der Waals surface area contributed by atoms with Gasteiger partial charge in [-0.05, 0) is 35.1 Å². The van der Waals surface area contributed by atoms with E-state index in [9.17, 15) is 27.6 Å². The van der Waals surface area contributed by atoms with Gasteiger partial charge in [-0.2, -0.15) is 13.2 Å². The van der Waals surface area contributed by atoms with Gasteiger partial charge in [0, 0.05) is 12.0 Å². The van der Waals surface area contributed by atoms with Crippen molar-refractivity contribution in [2.75, 3.05) is 6.61 Å². The van der Waals surface area contributed by atoms with E-state index in [-0.39, 0.29) is 18.9 Å². The smallest absolute Gasteiger partial charge is 0.419 e. The van der Waals surface area contributed by atoms with Crippen LogP contribution in [0.4, 0.5) is 18.0 Å². The number of halogens is 3. The van der Waals surface area contributed by atoms with Gasteiger partial charge >= 0.3 is 18.2 Å². The first-order valence-corrected chi connectivity index (χ1v) is 11.4. The van der Waals surface area contributed by atoms with Crippen LogP contribution in [0.5, 0.6) is 0 Å². The molecule has 3 N–H and O–H groups in total. The molecule has 3 atom stereocenters. The number of amides is 2. The van der Waals surface area contributed by atoms with E-state index in [2.05, 4.69) is 5.32 Å². The van der Waals surface area contributed by atoms with Crippen molar-refractivity contribution < 1.29 is 37.4 Å². The van der Waals surface area contributed by atoms with Gasteiger partial charge in [0.15, 0.2) is 0 Å². The maximum atomic E-state index is 13.0. The third kappa shape index (κ3) is 5.26. The highest BCUT2D eigenvalue weighted by Gasteiger charge is 2.47. The number of aliphatic carboxylic acids is 1. The van der Waals surface area contributed by atoms with E-state index in [1.807, 2.05) is 48.5 Å². The van der Waals surface area contributed by atoms with Gasteiger partial charge in [0.25, 0.3) is 0 Å². The fourth-order valence-electron chi connectivity index (χ4n) is 4.94. The van der Waals surface area contributed by atoms with Gasteiger partial charge in [-0.25, -0.2) is 9.59 Å². The van der Waals surface area contributed by atoms with Crippen LogP contribution in [0.25, 0.3) is 11.1 Å². The molecule has 0 heterocycles. The molecule has 186 valence electrons. The number of carbonyl (C=O) groups is 3. The monoisotopic (exact) mass is 490 g/mol. The van der Waals surface area contributed by atoms with Crippen LogP contribution in [0.2, 0.25) is 0 Å². The maximum absolute atomic E-state index is 13.0. The van der Waals surface area contributed by atoms with Crippen molar-refractivity contribution in [1.82, 2.24) is 10.6 Å². The molecule has 1 fully saturated rings. The Morgan fingerprint density at radius 3 is 2.11 bits per heavy atom. The van der Waals surface area contributed by atoms with Crippen molar-refractivity contribution in [3.8, 4) is 11.1 Å². The van der Waals surface area contributed by atoms with E-state index in [1.54, 1.807) is 5.32 Å². The molecule has 0 saturated heterocycles.